The number of anilines is 1. The number of para-hydroxylation sites is 1. The molecule has 0 aliphatic carbocycles. The second-order valence-corrected chi connectivity index (χ2v) is 5.48. The lowest BCUT2D eigenvalue weighted by Gasteiger charge is -2.01. The lowest BCUT2D eigenvalue weighted by Crippen LogP contribution is -2.11. The summed E-state index contributed by atoms with van der Waals surface area (Å²) in [6.07, 6.45) is 0. The summed E-state index contributed by atoms with van der Waals surface area (Å²) in [7, 11) is 0. The van der Waals surface area contributed by atoms with E-state index in [4.69, 9.17) is 18.0 Å². The van der Waals surface area contributed by atoms with Gasteiger partial charge in [-0.1, -0.05) is 17.2 Å². The summed E-state index contributed by atoms with van der Waals surface area (Å²) in [5.41, 5.74) is 0.533. The molecule has 0 unspecified atom stereocenters. The molecule has 0 fully saturated rings. The minimum Gasteiger partial charge on any atom is -0.490 e. The van der Waals surface area contributed by atoms with E-state index in [1.807, 2.05) is 19.1 Å². The third-order valence-electron chi connectivity index (χ3n) is 3.66. The molecule has 4 aromatic rings. The van der Waals surface area contributed by atoms with E-state index in [0.29, 0.717) is 23.7 Å². The molecule has 0 aliphatic heterocycles. The molecule has 1 amide bonds. The molecule has 0 radical (unpaired) electrons. The quantitative estimate of drug-likeness (QED) is 0.388. The van der Waals surface area contributed by atoms with E-state index < -0.39 is 16.7 Å². The van der Waals surface area contributed by atoms with Crippen LogP contribution >= 0.6 is 0 Å². The van der Waals surface area contributed by atoms with E-state index in [0.717, 1.165) is 11.5 Å². The highest BCUT2D eigenvalue weighted by Gasteiger charge is 2.21. The monoisotopic (exact) mass is 384 g/mol. The summed E-state index contributed by atoms with van der Waals surface area (Å²) < 4.78 is 21.5. The van der Waals surface area contributed by atoms with Gasteiger partial charge in [0.1, 0.15) is 4.92 Å². The lowest BCUT2D eigenvalue weighted by atomic mass is 10.2. The van der Waals surface area contributed by atoms with Crippen LogP contribution in [0.4, 0.5) is 11.9 Å². The van der Waals surface area contributed by atoms with Crippen LogP contribution in [0.25, 0.3) is 22.6 Å². The van der Waals surface area contributed by atoms with Gasteiger partial charge >= 0.3 is 11.9 Å². The number of hydrogen-bond acceptors (Lipinski definition) is 9. The Balaban J connectivity index is 1.55. The van der Waals surface area contributed by atoms with Gasteiger partial charge in [-0.25, -0.2) is 0 Å². The number of ether oxygens (including phenoxy) is 1. The van der Waals surface area contributed by atoms with Crippen LogP contribution in [0.3, 0.4) is 0 Å². The molecule has 11 heteroatoms. The molecule has 0 bridgehead atoms. The number of benzene rings is 1. The number of amides is 1. The van der Waals surface area contributed by atoms with Gasteiger partial charge in [0.2, 0.25) is 0 Å². The topological polar surface area (TPSA) is 147 Å². The smallest absolute Gasteiger partial charge is 0.433 e. The molecule has 1 aromatic carbocycles. The Morgan fingerprint density at radius 3 is 2.82 bits per heavy atom. The number of aromatic nitrogens is 2. The molecule has 0 saturated carbocycles. The van der Waals surface area contributed by atoms with Crippen LogP contribution < -0.4 is 10.1 Å². The van der Waals surface area contributed by atoms with Crippen molar-refractivity contribution in [2.45, 2.75) is 6.92 Å². The number of nitrogens with one attached hydrogen (secondary N) is 1. The van der Waals surface area contributed by atoms with Gasteiger partial charge in [0.15, 0.2) is 22.9 Å². The van der Waals surface area contributed by atoms with Gasteiger partial charge in [-0.05, 0) is 25.1 Å². The van der Waals surface area contributed by atoms with Crippen molar-refractivity contribution in [2.75, 3.05) is 11.9 Å². The van der Waals surface area contributed by atoms with Crippen LogP contribution in [-0.2, 0) is 0 Å². The van der Waals surface area contributed by atoms with Crippen molar-refractivity contribution in [3.05, 3.63) is 52.3 Å². The SMILES string of the molecule is CCOc1cccc2cc(-c3nnc(NC(=O)c4ccc([N+](=O)[O-])o4)o3)oc12. The van der Waals surface area contributed by atoms with Crippen LogP contribution in [0.15, 0.2) is 49.6 Å². The average Bonchev–Trinajstić information content (AvgIpc) is 3.41. The van der Waals surface area contributed by atoms with E-state index in [-0.39, 0.29) is 17.7 Å². The average molecular weight is 384 g/mol. The highest BCUT2D eigenvalue weighted by atomic mass is 16.6. The number of carbonyl (C=O) groups excluding carboxylic acids is 1. The highest BCUT2D eigenvalue weighted by Crippen LogP contribution is 2.33. The Morgan fingerprint density at radius 1 is 1.21 bits per heavy atom. The van der Waals surface area contributed by atoms with Crippen molar-refractivity contribution in [1.29, 1.82) is 0 Å². The number of rotatable bonds is 6. The summed E-state index contributed by atoms with van der Waals surface area (Å²) in [5, 5.41) is 21.2. The fraction of sp³-hybridized carbons (Fsp3) is 0.118. The van der Waals surface area contributed by atoms with Gasteiger partial charge in [-0.15, -0.1) is 5.10 Å². The predicted molar refractivity (Wildman–Crippen MR) is 94.0 cm³/mol. The number of nitro groups is 1. The second-order valence-electron chi connectivity index (χ2n) is 5.48. The lowest BCUT2D eigenvalue weighted by molar-refractivity contribution is -0.402. The standard InChI is InChI=1S/C17H12N4O7/c1-2-25-10-5-3-4-9-8-12(27-14(9)10)16-19-20-17(28-16)18-15(22)11-6-7-13(26-11)21(23)24/h3-8H,2H2,1H3,(H,18,20,22). The zero-order valence-corrected chi connectivity index (χ0v) is 14.4. The van der Waals surface area contributed by atoms with Gasteiger partial charge in [0, 0.05) is 5.39 Å². The van der Waals surface area contributed by atoms with Crippen LogP contribution in [0.2, 0.25) is 0 Å². The molecule has 0 atom stereocenters. The maximum absolute atomic E-state index is 12.1. The first-order chi connectivity index (χ1) is 13.5. The van der Waals surface area contributed by atoms with E-state index in [9.17, 15) is 14.9 Å². The van der Waals surface area contributed by atoms with Crippen molar-refractivity contribution >= 4 is 28.8 Å². The normalized spacial score (nSPS) is 10.9. The third kappa shape index (κ3) is 3.16. The summed E-state index contributed by atoms with van der Waals surface area (Å²) >= 11 is 0. The molecule has 142 valence electrons. The maximum atomic E-state index is 12.1. The summed E-state index contributed by atoms with van der Waals surface area (Å²) in [6.45, 7) is 2.35. The highest BCUT2D eigenvalue weighted by molar-refractivity contribution is 6.01. The molecule has 1 N–H and O–H groups in total. The number of fused-ring (bicyclic) bond motifs is 1. The van der Waals surface area contributed by atoms with Crippen LogP contribution in [0, 0.1) is 10.1 Å². The van der Waals surface area contributed by atoms with Crippen molar-refractivity contribution in [1.82, 2.24) is 10.2 Å². The van der Waals surface area contributed by atoms with Gasteiger partial charge < -0.3 is 18.0 Å². The number of furan rings is 2. The van der Waals surface area contributed by atoms with Crippen molar-refractivity contribution in [3.8, 4) is 17.4 Å². The molecular weight excluding hydrogens is 372 g/mol. The van der Waals surface area contributed by atoms with Gasteiger partial charge in [-0.3, -0.25) is 20.2 Å². The van der Waals surface area contributed by atoms with Gasteiger partial charge in [0.25, 0.3) is 11.8 Å². The van der Waals surface area contributed by atoms with Crippen LogP contribution in [0.1, 0.15) is 17.5 Å². The van der Waals surface area contributed by atoms with Gasteiger partial charge in [0.05, 0.1) is 12.7 Å². The Bertz CT molecular complexity index is 1170. The molecular formula is C17H12N4O7. The zero-order chi connectivity index (χ0) is 19.7. The van der Waals surface area contributed by atoms with Crippen LogP contribution in [-0.4, -0.2) is 27.6 Å². The van der Waals surface area contributed by atoms with E-state index in [1.165, 1.54) is 6.07 Å². The minimum atomic E-state index is -0.772. The number of hydrogen-bond donors (Lipinski definition) is 1. The fourth-order valence-electron chi connectivity index (χ4n) is 2.49. The predicted octanol–water partition coefficient (Wildman–Crippen LogP) is 3.64. The third-order valence-corrected chi connectivity index (χ3v) is 3.66. The summed E-state index contributed by atoms with van der Waals surface area (Å²) in [5.74, 6) is -0.673. The Hall–Kier alpha value is -4.15. The van der Waals surface area contributed by atoms with Crippen molar-refractivity contribution < 1.29 is 27.7 Å². The van der Waals surface area contributed by atoms with E-state index >= 15 is 0 Å². The molecule has 28 heavy (non-hydrogen) atoms. The Morgan fingerprint density at radius 2 is 2.07 bits per heavy atom. The largest absolute Gasteiger partial charge is 0.490 e. The summed E-state index contributed by atoms with van der Waals surface area (Å²) in [4.78, 5) is 21.9. The van der Waals surface area contributed by atoms with Crippen molar-refractivity contribution in [2.24, 2.45) is 0 Å². The summed E-state index contributed by atoms with van der Waals surface area (Å²) in [6, 6.07) is 9.17. The van der Waals surface area contributed by atoms with E-state index in [1.54, 1.807) is 12.1 Å². The molecule has 0 aliphatic rings. The molecule has 0 spiro atoms. The molecule has 11 nitrogen and oxygen atoms in total. The number of nitrogens with zero attached hydrogens (tertiary/aromatic N) is 3. The first kappa shape index (κ1) is 17.3. The Kier molecular flexibility index (Phi) is 4.24. The van der Waals surface area contributed by atoms with Gasteiger partial charge in [-0.2, -0.15) is 0 Å². The molecule has 3 heterocycles. The maximum Gasteiger partial charge on any atom is 0.433 e. The second kappa shape index (κ2) is 6.87. The van der Waals surface area contributed by atoms with Crippen molar-refractivity contribution in [3.63, 3.8) is 0 Å². The Labute approximate surface area is 156 Å². The van der Waals surface area contributed by atoms with E-state index in [2.05, 4.69) is 15.5 Å². The molecule has 4 rings (SSSR count). The number of carbonyl (C=O) groups is 1. The minimum absolute atomic E-state index is 0.0411. The van der Waals surface area contributed by atoms with Crippen LogP contribution in [0.5, 0.6) is 5.75 Å². The zero-order valence-electron chi connectivity index (χ0n) is 14.4. The first-order valence-corrected chi connectivity index (χ1v) is 8.10. The molecule has 0 saturated heterocycles. The fourth-order valence-corrected chi connectivity index (χ4v) is 2.49. The molecule has 3 aromatic heterocycles. The first-order valence-electron chi connectivity index (χ1n) is 8.10.